The number of nitrogens with two attached hydrogens (primary N) is 1. The predicted molar refractivity (Wildman–Crippen MR) is 82.9 cm³/mol. The Bertz CT molecular complexity index is 659. The van der Waals surface area contributed by atoms with Gasteiger partial charge in [-0.25, -0.2) is 0 Å². The molecule has 0 aliphatic heterocycles. The predicted octanol–water partition coefficient (Wildman–Crippen LogP) is 3.13. The quantitative estimate of drug-likeness (QED) is 0.698. The molecule has 6 heteroatoms. The monoisotopic (exact) mass is 307 g/mol. The van der Waals surface area contributed by atoms with Crippen LogP contribution >= 0.6 is 11.6 Å². The summed E-state index contributed by atoms with van der Waals surface area (Å²) >= 11 is 5.90. The summed E-state index contributed by atoms with van der Waals surface area (Å²) in [5.41, 5.74) is 7.55. The van der Waals surface area contributed by atoms with Gasteiger partial charge in [0.15, 0.2) is 0 Å². The Morgan fingerprint density at radius 2 is 2.10 bits per heavy atom. The third kappa shape index (κ3) is 4.23. The van der Waals surface area contributed by atoms with Crippen molar-refractivity contribution < 1.29 is 9.53 Å². The fourth-order valence-corrected chi connectivity index (χ4v) is 1.95. The first-order valence-corrected chi connectivity index (χ1v) is 6.92. The minimum atomic E-state index is -0.502. The molecule has 0 saturated carbocycles. The molecule has 0 saturated heterocycles. The molecule has 2 rings (SSSR count). The first-order valence-electron chi connectivity index (χ1n) is 6.54. The number of hydrogen-bond donors (Lipinski definition) is 1. The molecule has 2 N–H and O–H groups in total. The third-order valence-corrected chi connectivity index (χ3v) is 3.02. The number of ether oxygens (including phenoxy) is 1. The molecular formula is C15H18ClN3O2. The van der Waals surface area contributed by atoms with E-state index < -0.39 is 5.60 Å². The SMILES string of the molecule is CC(C)(C)OC(=O)Cn1cc(-c2ccc(Cl)c(N)c2)cn1. The van der Waals surface area contributed by atoms with Crippen LogP contribution in [0.4, 0.5) is 5.69 Å². The number of rotatable bonds is 3. The van der Waals surface area contributed by atoms with Gasteiger partial charge in [0, 0.05) is 11.8 Å². The summed E-state index contributed by atoms with van der Waals surface area (Å²) in [5.74, 6) is -0.326. The normalized spacial score (nSPS) is 11.4. The average molecular weight is 308 g/mol. The molecular weight excluding hydrogens is 290 g/mol. The number of nitrogens with zero attached hydrogens (tertiary/aromatic N) is 2. The van der Waals surface area contributed by atoms with E-state index in [0.717, 1.165) is 11.1 Å². The maximum absolute atomic E-state index is 11.8. The van der Waals surface area contributed by atoms with Gasteiger partial charge in [-0.1, -0.05) is 17.7 Å². The van der Waals surface area contributed by atoms with Crippen LogP contribution in [-0.4, -0.2) is 21.4 Å². The lowest BCUT2D eigenvalue weighted by molar-refractivity contribution is -0.155. The van der Waals surface area contributed by atoms with Crippen molar-refractivity contribution in [1.29, 1.82) is 0 Å². The third-order valence-electron chi connectivity index (χ3n) is 2.67. The minimum Gasteiger partial charge on any atom is -0.459 e. The van der Waals surface area contributed by atoms with Crippen LogP contribution in [0.5, 0.6) is 0 Å². The van der Waals surface area contributed by atoms with Crippen LogP contribution in [0.2, 0.25) is 5.02 Å². The van der Waals surface area contributed by atoms with Crippen molar-refractivity contribution in [1.82, 2.24) is 9.78 Å². The van der Waals surface area contributed by atoms with E-state index in [1.165, 1.54) is 4.68 Å². The average Bonchev–Trinajstić information content (AvgIpc) is 2.78. The summed E-state index contributed by atoms with van der Waals surface area (Å²) in [5, 5.41) is 4.67. The van der Waals surface area contributed by atoms with Gasteiger partial charge in [0.2, 0.25) is 0 Å². The molecule has 0 radical (unpaired) electrons. The Balaban J connectivity index is 2.11. The second kappa shape index (κ2) is 5.77. The fraction of sp³-hybridized carbons (Fsp3) is 0.333. The highest BCUT2D eigenvalue weighted by molar-refractivity contribution is 6.33. The smallest absolute Gasteiger partial charge is 0.328 e. The van der Waals surface area contributed by atoms with Gasteiger partial charge in [-0.15, -0.1) is 0 Å². The van der Waals surface area contributed by atoms with Gasteiger partial charge < -0.3 is 10.5 Å². The summed E-state index contributed by atoms with van der Waals surface area (Å²) in [4.78, 5) is 11.8. The van der Waals surface area contributed by atoms with Crippen LogP contribution in [0.15, 0.2) is 30.6 Å². The van der Waals surface area contributed by atoms with Crippen molar-refractivity contribution >= 4 is 23.3 Å². The van der Waals surface area contributed by atoms with Gasteiger partial charge >= 0.3 is 5.97 Å². The highest BCUT2D eigenvalue weighted by Gasteiger charge is 2.17. The van der Waals surface area contributed by atoms with Crippen molar-refractivity contribution in [2.45, 2.75) is 32.9 Å². The maximum Gasteiger partial charge on any atom is 0.328 e. The summed E-state index contributed by atoms with van der Waals surface area (Å²) in [6.45, 7) is 5.56. The lowest BCUT2D eigenvalue weighted by Crippen LogP contribution is -2.26. The summed E-state index contributed by atoms with van der Waals surface area (Å²) in [6.07, 6.45) is 3.44. The first kappa shape index (κ1) is 15.4. The molecule has 0 atom stereocenters. The number of carbonyl (C=O) groups is 1. The Morgan fingerprint density at radius 1 is 1.38 bits per heavy atom. The summed E-state index contributed by atoms with van der Waals surface area (Å²) < 4.78 is 6.79. The number of esters is 1. The van der Waals surface area contributed by atoms with E-state index in [0.29, 0.717) is 10.7 Å². The number of carbonyl (C=O) groups excluding carboxylic acids is 1. The van der Waals surface area contributed by atoms with E-state index >= 15 is 0 Å². The molecule has 21 heavy (non-hydrogen) atoms. The van der Waals surface area contributed by atoms with Crippen molar-refractivity contribution in [2.24, 2.45) is 0 Å². The van der Waals surface area contributed by atoms with Crippen molar-refractivity contribution in [3.05, 3.63) is 35.6 Å². The number of nitrogen functional groups attached to an aromatic ring is 1. The highest BCUT2D eigenvalue weighted by atomic mass is 35.5. The number of halogens is 1. The molecule has 0 fully saturated rings. The van der Waals surface area contributed by atoms with Crippen LogP contribution in [0, 0.1) is 0 Å². The van der Waals surface area contributed by atoms with Gasteiger partial charge in [0.05, 0.1) is 16.9 Å². The minimum absolute atomic E-state index is 0.0698. The van der Waals surface area contributed by atoms with Gasteiger partial charge in [-0.2, -0.15) is 5.10 Å². The molecule has 0 spiro atoms. The Labute approximate surface area is 128 Å². The zero-order valence-corrected chi connectivity index (χ0v) is 13.0. The molecule has 0 aliphatic rings. The molecule has 0 aliphatic carbocycles. The Hall–Kier alpha value is -2.01. The fourth-order valence-electron chi connectivity index (χ4n) is 1.83. The van der Waals surface area contributed by atoms with Crippen molar-refractivity contribution in [2.75, 3.05) is 5.73 Å². The number of benzene rings is 1. The molecule has 112 valence electrons. The molecule has 1 aromatic heterocycles. The Kier molecular flexibility index (Phi) is 4.23. The van der Waals surface area contributed by atoms with Gasteiger partial charge in [0.25, 0.3) is 0 Å². The summed E-state index contributed by atoms with van der Waals surface area (Å²) in [6, 6.07) is 5.36. The molecule has 0 amide bonds. The van der Waals surface area contributed by atoms with E-state index in [2.05, 4.69) is 5.10 Å². The van der Waals surface area contributed by atoms with E-state index in [1.54, 1.807) is 24.5 Å². The second-order valence-electron chi connectivity index (χ2n) is 5.75. The lowest BCUT2D eigenvalue weighted by atomic mass is 10.1. The van der Waals surface area contributed by atoms with Crippen LogP contribution in [-0.2, 0) is 16.1 Å². The van der Waals surface area contributed by atoms with Gasteiger partial charge in [-0.05, 0) is 38.5 Å². The Morgan fingerprint density at radius 3 is 2.71 bits per heavy atom. The van der Waals surface area contributed by atoms with Crippen LogP contribution in [0.1, 0.15) is 20.8 Å². The van der Waals surface area contributed by atoms with E-state index in [9.17, 15) is 4.79 Å². The van der Waals surface area contributed by atoms with Crippen LogP contribution in [0.3, 0.4) is 0 Å². The molecule has 0 unspecified atom stereocenters. The standard InChI is InChI=1S/C15H18ClN3O2/c1-15(2,3)21-14(20)9-19-8-11(7-18-19)10-4-5-12(16)13(17)6-10/h4-8H,9,17H2,1-3H3. The van der Waals surface area contributed by atoms with E-state index in [4.69, 9.17) is 22.1 Å². The molecule has 5 nitrogen and oxygen atoms in total. The second-order valence-corrected chi connectivity index (χ2v) is 6.16. The zero-order chi connectivity index (χ0) is 15.6. The van der Waals surface area contributed by atoms with Crippen molar-refractivity contribution in [3.8, 4) is 11.1 Å². The van der Waals surface area contributed by atoms with E-state index in [1.807, 2.05) is 26.8 Å². The first-order chi connectivity index (χ1) is 9.74. The zero-order valence-electron chi connectivity index (χ0n) is 12.3. The highest BCUT2D eigenvalue weighted by Crippen LogP contribution is 2.26. The largest absolute Gasteiger partial charge is 0.459 e. The van der Waals surface area contributed by atoms with Gasteiger partial charge in [-0.3, -0.25) is 9.48 Å². The lowest BCUT2D eigenvalue weighted by Gasteiger charge is -2.19. The number of anilines is 1. The molecule has 1 heterocycles. The molecule has 0 bridgehead atoms. The van der Waals surface area contributed by atoms with Crippen LogP contribution in [0.25, 0.3) is 11.1 Å². The topological polar surface area (TPSA) is 70.1 Å². The van der Waals surface area contributed by atoms with Gasteiger partial charge in [0.1, 0.15) is 12.1 Å². The summed E-state index contributed by atoms with van der Waals surface area (Å²) in [7, 11) is 0. The van der Waals surface area contributed by atoms with E-state index in [-0.39, 0.29) is 12.5 Å². The number of aromatic nitrogens is 2. The molecule has 1 aromatic carbocycles. The van der Waals surface area contributed by atoms with Crippen LogP contribution < -0.4 is 5.73 Å². The molecule has 2 aromatic rings. The number of hydrogen-bond acceptors (Lipinski definition) is 4. The maximum atomic E-state index is 11.8. The van der Waals surface area contributed by atoms with Crippen molar-refractivity contribution in [3.63, 3.8) is 0 Å².